The zero-order valence-electron chi connectivity index (χ0n) is 11.0. The van der Waals surface area contributed by atoms with E-state index in [1.807, 2.05) is 6.92 Å². The van der Waals surface area contributed by atoms with Crippen LogP contribution < -0.4 is 15.8 Å². The molecule has 1 aromatic carbocycles. The summed E-state index contributed by atoms with van der Waals surface area (Å²) in [6.45, 7) is 2.02. The number of hydrogen-bond acceptors (Lipinski definition) is 5. The van der Waals surface area contributed by atoms with Crippen molar-refractivity contribution < 1.29 is 19.1 Å². The van der Waals surface area contributed by atoms with Gasteiger partial charge in [0.05, 0.1) is 12.3 Å². The molecule has 2 rings (SSSR count). The minimum Gasteiger partial charge on any atom is -0.492 e. The quantitative estimate of drug-likeness (QED) is 0.587. The Kier molecular flexibility index (Phi) is 3.88. The van der Waals surface area contributed by atoms with Crippen LogP contribution in [0.4, 0.5) is 5.69 Å². The van der Waals surface area contributed by atoms with Crippen molar-refractivity contribution in [2.24, 2.45) is 0 Å². The van der Waals surface area contributed by atoms with Crippen molar-refractivity contribution in [1.82, 2.24) is 10.2 Å². The lowest BCUT2D eigenvalue weighted by molar-refractivity contribution is -0.135. The van der Waals surface area contributed by atoms with Gasteiger partial charge in [-0.2, -0.15) is 0 Å². The fourth-order valence-corrected chi connectivity index (χ4v) is 1.93. The third kappa shape index (κ3) is 2.87. The monoisotopic (exact) mass is 277 g/mol. The highest BCUT2D eigenvalue weighted by atomic mass is 16.5. The third-order valence-electron chi connectivity index (χ3n) is 2.79. The lowest BCUT2D eigenvalue weighted by Crippen LogP contribution is -2.53. The molecule has 0 aliphatic carbocycles. The SMILES string of the molecule is CCOc1ccc(C(=O)N2CC(=O)NC(=O)C2)cc1N. The molecule has 20 heavy (non-hydrogen) atoms. The van der Waals surface area contributed by atoms with Crippen molar-refractivity contribution in [3.05, 3.63) is 23.8 Å². The molecule has 0 aromatic heterocycles. The molecule has 1 fully saturated rings. The van der Waals surface area contributed by atoms with E-state index in [4.69, 9.17) is 10.5 Å². The second-order valence-electron chi connectivity index (χ2n) is 4.32. The summed E-state index contributed by atoms with van der Waals surface area (Å²) in [4.78, 5) is 35.9. The molecule has 1 aliphatic heterocycles. The van der Waals surface area contributed by atoms with Crippen LogP contribution in [0, 0.1) is 0 Å². The molecule has 0 bridgehead atoms. The number of imide groups is 1. The van der Waals surface area contributed by atoms with Crippen LogP contribution >= 0.6 is 0 Å². The number of ether oxygens (including phenoxy) is 1. The minimum atomic E-state index is -0.492. The Bertz CT molecular complexity index is 555. The molecular weight excluding hydrogens is 262 g/mol. The summed E-state index contributed by atoms with van der Waals surface area (Å²) in [5.74, 6) is -0.901. The molecule has 1 aromatic rings. The van der Waals surface area contributed by atoms with Crippen molar-refractivity contribution in [1.29, 1.82) is 0 Å². The Balaban J connectivity index is 2.18. The van der Waals surface area contributed by atoms with Gasteiger partial charge in [0.1, 0.15) is 18.8 Å². The van der Waals surface area contributed by atoms with E-state index in [9.17, 15) is 14.4 Å². The highest BCUT2D eigenvalue weighted by molar-refractivity contribution is 6.06. The van der Waals surface area contributed by atoms with Gasteiger partial charge in [0.15, 0.2) is 0 Å². The van der Waals surface area contributed by atoms with Gasteiger partial charge in [-0.1, -0.05) is 0 Å². The Morgan fingerprint density at radius 3 is 2.55 bits per heavy atom. The molecule has 1 heterocycles. The highest BCUT2D eigenvalue weighted by Gasteiger charge is 2.27. The molecule has 106 valence electrons. The summed E-state index contributed by atoms with van der Waals surface area (Å²) in [6.07, 6.45) is 0. The fraction of sp³-hybridized carbons (Fsp3) is 0.308. The third-order valence-corrected chi connectivity index (χ3v) is 2.79. The molecule has 1 saturated heterocycles. The Labute approximate surface area is 115 Å². The van der Waals surface area contributed by atoms with Crippen LogP contribution in [-0.4, -0.2) is 42.3 Å². The molecule has 0 atom stereocenters. The van der Waals surface area contributed by atoms with Crippen LogP contribution in [0.3, 0.4) is 0 Å². The number of rotatable bonds is 3. The maximum Gasteiger partial charge on any atom is 0.254 e. The maximum absolute atomic E-state index is 12.2. The number of nitrogen functional groups attached to an aromatic ring is 1. The maximum atomic E-state index is 12.2. The van der Waals surface area contributed by atoms with Crippen molar-refractivity contribution in [2.45, 2.75) is 6.92 Å². The normalized spacial score (nSPS) is 14.9. The molecule has 7 heteroatoms. The van der Waals surface area contributed by atoms with Crippen LogP contribution in [0.25, 0.3) is 0 Å². The number of nitrogens with two attached hydrogens (primary N) is 1. The van der Waals surface area contributed by atoms with E-state index in [0.717, 1.165) is 0 Å². The standard InChI is InChI=1S/C13H15N3O4/c1-2-20-10-4-3-8(5-9(10)14)13(19)16-6-11(17)15-12(18)7-16/h3-5H,2,6-7,14H2,1H3,(H,15,17,18). The second kappa shape index (κ2) is 5.60. The van der Waals surface area contributed by atoms with E-state index < -0.39 is 17.7 Å². The summed E-state index contributed by atoms with van der Waals surface area (Å²) >= 11 is 0. The van der Waals surface area contributed by atoms with Crippen LogP contribution in [-0.2, 0) is 9.59 Å². The van der Waals surface area contributed by atoms with Gasteiger partial charge < -0.3 is 15.4 Å². The predicted molar refractivity (Wildman–Crippen MR) is 71.1 cm³/mol. The van der Waals surface area contributed by atoms with E-state index in [1.54, 1.807) is 12.1 Å². The van der Waals surface area contributed by atoms with E-state index in [-0.39, 0.29) is 13.1 Å². The first kappa shape index (κ1) is 13.9. The lowest BCUT2D eigenvalue weighted by atomic mass is 10.1. The number of piperazine rings is 1. The van der Waals surface area contributed by atoms with Crippen LogP contribution in [0.2, 0.25) is 0 Å². The zero-order chi connectivity index (χ0) is 14.7. The molecule has 3 N–H and O–H groups in total. The average Bonchev–Trinajstić information content (AvgIpc) is 2.39. The van der Waals surface area contributed by atoms with Gasteiger partial charge in [-0.05, 0) is 25.1 Å². The number of nitrogens with zero attached hydrogens (tertiary/aromatic N) is 1. The number of carbonyl (C=O) groups excluding carboxylic acids is 3. The Morgan fingerprint density at radius 1 is 1.35 bits per heavy atom. The lowest BCUT2D eigenvalue weighted by Gasteiger charge is -2.25. The Hall–Kier alpha value is -2.57. The van der Waals surface area contributed by atoms with Gasteiger partial charge >= 0.3 is 0 Å². The molecule has 0 saturated carbocycles. The molecule has 0 unspecified atom stereocenters. The van der Waals surface area contributed by atoms with Gasteiger partial charge in [-0.15, -0.1) is 0 Å². The van der Waals surface area contributed by atoms with Gasteiger partial charge in [0, 0.05) is 5.56 Å². The van der Waals surface area contributed by atoms with E-state index in [1.165, 1.54) is 11.0 Å². The van der Waals surface area contributed by atoms with Crippen LogP contribution in [0.1, 0.15) is 17.3 Å². The van der Waals surface area contributed by atoms with Crippen molar-refractivity contribution in [3.8, 4) is 5.75 Å². The van der Waals surface area contributed by atoms with Crippen LogP contribution in [0.5, 0.6) is 5.75 Å². The summed E-state index contributed by atoms with van der Waals surface area (Å²) in [5, 5.41) is 2.14. The van der Waals surface area contributed by atoms with E-state index >= 15 is 0 Å². The summed E-state index contributed by atoms with van der Waals surface area (Å²) in [7, 11) is 0. The summed E-state index contributed by atoms with van der Waals surface area (Å²) < 4.78 is 5.28. The first-order valence-electron chi connectivity index (χ1n) is 6.15. The molecule has 7 nitrogen and oxygen atoms in total. The van der Waals surface area contributed by atoms with Crippen molar-refractivity contribution in [2.75, 3.05) is 25.4 Å². The number of benzene rings is 1. The highest BCUT2D eigenvalue weighted by Crippen LogP contribution is 2.23. The first-order chi connectivity index (χ1) is 9.51. The molecule has 1 aliphatic rings. The average molecular weight is 277 g/mol. The van der Waals surface area contributed by atoms with Gasteiger partial charge in [-0.3, -0.25) is 19.7 Å². The van der Waals surface area contributed by atoms with E-state index in [0.29, 0.717) is 23.6 Å². The van der Waals surface area contributed by atoms with Crippen LogP contribution in [0.15, 0.2) is 18.2 Å². The smallest absolute Gasteiger partial charge is 0.254 e. The second-order valence-corrected chi connectivity index (χ2v) is 4.32. The fourth-order valence-electron chi connectivity index (χ4n) is 1.93. The van der Waals surface area contributed by atoms with Gasteiger partial charge in [-0.25, -0.2) is 0 Å². The van der Waals surface area contributed by atoms with E-state index in [2.05, 4.69) is 5.32 Å². The van der Waals surface area contributed by atoms with Gasteiger partial charge in [0.25, 0.3) is 5.91 Å². The Morgan fingerprint density at radius 2 is 2.00 bits per heavy atom. The zero-order valence-corrected chi connectivity index (χ0v) is 11.0. The van der Waals surface area contributed by atoms with Gasteiger partial charge in [0.2, 0.25) is 11.8 Å². The predicted octanol–water partition coefficient (Wildman–Crippen LogP) is -0.234. The summed E-state index contributed by atoms with van der Waals surface area (Å²) in [5.41, 5.74) is 6.44. The topological polar surface area (TPSA) is 102 Å². The number of anilines is 1. The largest absolute Gasteiger partial charge is 0.492 e. The molecular formula is C13H15N3O4. The number of carbonyl (C=O) groups is 3. The number of nitrogens with one attached hydrogen (secondary N) is 1. The van der Waals surface area contributed by atoms with Crippen molar-refractivity contribution in [3.63, 3.8) is 0 Å². The van der Waals surface area contributed by atoms with Crippen molar-refractivity contribution >= 4 is 23.4 Å². The molecule has 0 radical (unpaired) electrons. The summed E-state index contributed by atoms with van der Waals surface area (Å²) in [6, 6.07) is 4.63. The minimum absolute atomic E-state index is 0.141. The molecule has 3 amide bonds. The molecule has 0 spiro atoms. The number of hydrogen-bond donors (Lipinski definition) is 2. The number of amides is 3. The first-order valence-corrected chi connectivity index (χ1v) is 6.15.